The normalized spacial score (nSPS) is 7.20. The number of halogens is 2. The Hall–Kier alpha value is 1.73. The van der Waals surface area contributed by atoms with Crippen LogP contribution >= 0.6 is 0 Å². The summed E-state index contributed by atoms with van der Waals surface area (Å²) < 4.78 is 0. The van der Waals surface area contributed by atoms with Crippen LogP contribution in [0.2, 0.25) is 0 Å². The molecule has 0 aliphatic rings. The first kappa shape index (κ1) is 22.6. The fourth-order valence-corrected chi connectivity index (χ4v) is 0.612. The number of hydrogen-bond donors (Lipinski definition) is 0. The molecule has 0 spiro atoms. The van der Waals surface area contributed by atoms with Crippen molar-refractivity contribution in [3.8, 4) is 0 Å². The van der Waals surface area contributed by atoms with E-state index in [0.717, 1.165) is 5.92 Å². The zero-order valence-corrected chi connectivity index (χ0v) is 11.7. The third kappa shape index (κ3) is 22.6. The summed E-state index contributed by atoms with van der Waals surface area (Å²) in [6.07, 6.45) is 4.15. The van der Waals surface area contributed by atoms with Crippen LogP contribution < -0.4 is 34.0 Å². The topological polar surface area (TPSA) is 0 Å². The first-order valence-corrected chi connectivity index (χ1v) is 3.27. The maximum absolute atomic E-state index is 2.27. The van der Waals surface area contributed by atoms with Gasteiger partial charge in [0.05, 0.1) is 0 Å². The Morgan fingerprint density at radius 2 is 1.50 bits per heavy atom. The second-order valence-electron chi connectivity index (χ2n) is 2.54. The number of unbranched alkanes of at least 4 members (excludes halogenated alkanes) is 1. The summed E-state index contributed by atoms with van der Waals surface area (Å²) in [4.78, 5) is 0. The molecular weight excluding hydrogens is 268 g/mol. The van der Waals surface area contributed by atoms with Crippen LogP contribution in [-0.2, 0) is 0 Å². The van der Waals surface area contributed by atoms with E-state index in [1.165, 1.54) is 19.3 Å². The molecule has 0 amide bonds. The van der Waals surface area contributed by atoms with E-state index in [1.807, 2.05) is 0 Å². The minimum Gasteiger partial charge on any atom is -1.00 e. The molecule has 0 aromatic heterocycles. The standard InChI is InChI=1S/C7H16.2BrH.Mg/c1-4-5-6-7(2)3;;;/h7H,4-6H2,1-3H3;2*1H;/q;;;+2/p-2. The zero-order valence-electron chi connectivity index (χ0n) is 7.16. The molecule has 0 bridgehead atoms. The Labute approximate surface area is 102 Å². The van der Waals surface area contributed by atoms with Gasteiger partial charge in [0, 0.05) is 0 Å². The third-order valence-corrected chi connectivity index (χ3v) is 1.14. The predicted molar refractivity (Wildman–Crippen MR) is 40.1 cm³/mol. The molecule has 60 valence electrons. The summed E-state index contributed by atoms with van der Waals surface area (Å²) in [5.74, 6) is 0.903. The van der Waals surface area contributed by atoms with Crippen molar-refractivity contribution >= 4 is 23.1 Å². The van der Waals surface area contributed by atoms with Crippen LogP contribution in [0, 0.1) is 5.92 Å². The summed E-state index contributed by atoms with van der Waals surface area (Å²) >= 11 is 0. The first-order chi connectivity index (χ1) is 3.27. The van der Waals surface area contributed by atoms with E-state index in [4.69, 9.17) is 0 Å². The van der Waals surface area contributed by atoms with E-state index >= 15 is 0 Å². The molecule has 0 N–H and O–H groups in total. The van der Waals surface area contributed by atoms with Gasteiger partial charge in [-0.25, -0.2) is 0 Å². The van der Waals surface area contributed by atoms with Crippen molar-refractivity contribution in [1.29, 1.82) is 0 Å². The minimum absolute atomic E-state index is 0. The summed E-state index contributed by atoms with van der Waals surface area (Å²) in [5.41, 5.74) is 0. The summed E-state index contributed by atoms with van der Waals surface area (Å²) in [6.45, 7) is 6.79. The van der Waals surface area contributed by atoms with Gasteiger partial charge in [-0.05, 0) is 5.92 Å². The molecule has 10 heavy (non-hydrogen) atoms. The van der Waals surface area contributed by atoms with Crippen LogP contribution in [0.4, 0.5) is 0 Å². The summed E-state index contributed by atoms with van der Waals surface area (Å²) in [5, 5.41) is 0. The average molecular weight is 284 g/mol. The molecule has 0 unspecified atom stereocenters. The fraction of sp³-hybridized carbons (Fsp3) is 1.00. The number of rotatable bonds is 3. The Morgan fingerprint density at radius 3 is 1.60 bits per heavy atom. The monoisotopic (exact) mass is 282 g/mol. The SMILES string of the molecule is CCCCC(C)C.[Br-].[Br-].[Mg+2]. The zero-order chi connectivity index (χ0) is 5.70. The van der Waals surface area contributed by atoms with Crippen molar-refractivity contribution in [2.75, 3.05) is 0 Å². The van der Waals surface area contributed by atoms with Crippen LogP contribution in [0.15, 0.2) is 0 Å². The number of hydrogen-bond acceptors (Lipinski definition) is 0. The maximum Gasteiger partial charge on any atom is 2.00 e. The van der Waals surface area contributed by atoms with Crippen LogP contribution in [0.25, 0.3) is 0 Å². The molecule has 0 rings (SSSR count). The molecule has 0 nitrogen and oxygen atoms in total. The second kappa shape index (κ2) is 17.0. The molecule has 0 heterocycles. The predicted octanol–water partition coefficient (Wildman–Crippen LogP) is -3.54. The van der Waals surface area contributed by atoms with E-state index in [0.29, 0.717) is 0 Å². The Bertz CT molecular complexity index is 40.6. The molecule has 0 radical (unpaired) electrons. The fourth-order valence-electron chi connectivity index (χ4n) is 0.612. The second-order valence-corrected chi connectivity index (χ2v) is 2.54. The quantitative estimate of drug-likeness (QED) is 0.471. The molecule has 0 aromatic rings. The average Bonchev–Trinajstić information content (AvgIpc) is 1.61. The van der Waals surface area contributed by atoms with Gasteiger partial charge < -0.3 is 34.0 Å². The van der Waals surface area contributed by atoms with Crippen LogP contribution in [0.3, 0.4) is 0 Å². The van der Waals surface area contributed by atoms with Crippen molar-refractivity contribution in [3.05, 3.63) is 0 Å². The first-order valence-electron chi connectivity index (χ1n) is 3.27. The van der Waals surface area contributed by atoms with Gasteiger partial charge in [0.2, 0.25) is 0 Å². The van der Waals surface area contributed by atoms with Crippen LogP contribution in [0.1, 0.15) is 40.0 Å². The van der Waals surface area contributed by atoms with E-state index in [2.05, 4.69) is 20.8 Å². The third-order valence-electron chi connectivity index (χ3n) is 1.14. The largest absolute Gasteiger partial charge is 2.00 e. The molecular formula is C7H16Br2Mg. The molecule has 0 atom stereocenters. The van der Waals surface area contributed by atoms with Crippen LogP contribution in [0.5, 0.6) is 0 Å². The molecule has 0 saturated carbocycles. The van der Waals surface area contributed by atoms with Crippen molar-refractivity contribution in [1.82, 2.24) is 0 Å². The van der Waals surface area contributed by atoms with E-state index in [-0.39, 0.29) is 57.0 Å². The summed E-state index contributed by atoms with van der Waals surface area (Å²) in [7, 11) is 0. The molecule has 0 aliphatic carbocycles. The van der Waals surface area contributed by atoms with Crippen molar-refractivity contribution in [2.45, 2.75) is 40.0 Å². The molecule has 0 fully saturated rings. The van der Waals surface area contributed by atoms with Gasteiger partial charge in [0.15, 0.2) is 0 Å². The van der Waals surface area contributed by atoms with Crippen molar-refractivity contribution < 1.29 is 34.0 Å². The van der Waals surface area contributed by atoms with Crippen molar-refractivity contribution in [3.63, 3.8) is 0 Å². The van der Waals surface area contributed by atoms with Gasteiger partial charge in [0.25, 0.3) is 0 Å². The molecule has 0 saturated heterocycles. The minimum atomic E-state index is 0. The van der Waals surface area contributed by atoms with Gasteiger partial charge in [0.1, 0.15) is 0 Å². The van der Waals surface area contributed by atoms with Gasteiger partial charge in [-0.1, -0.05) is 40.0 Å². The van der Waals surface area contributed by atoms with Crippen LogP contribution in [-0.4, -0.2) is 23.1 Å². The maximum atomic E-state index is 2.27. The Kier molecular flexibility index (Phi) is 38.4. The summed E-state index contributed by atoms with van der Waals surface area (Å²) in [6, 6.07) is 0. The van der Waals surface area contributed by atoms with Crippen molar-refractivity contribution in [2.24, 2.45) is 5.92 Å². The van der Waals surface area contributed by atoms with E-state index in [9.17, 15) is 0 Å². The smallest absolute Gasteiger partial charge is 1.00 e. The van der Waals surface area contributed by atoms with Gasteiger partial charge in [-0.3, -0.25) is 0 Å². The Morgan fingerprint density at radius 1 is 1.10 bits per heavy atom. The van der Waals surface area contributed by atoms with Gasteiger partial charge in [-0.2, -0.15) is 0 Å². The Balaban J connectivity index is -0.0000000600. The molecule has 0 aromatic carbocycles. The van der Waals surface area contributed by atoms with E-state index < -0.39 is 0 Å². The molecule has 3 heteroatoms. The van der Waals surface area contributed by atoms with E-state index in [1.54, 1.807) is 0 Å². The van der Waals surface area contributed by atoms with Gasteiger partial charge in [-0.15, -0.1) is 0 Å². The molecule has 0 aliphatic heterocycles. The van der Waals surface area contributed by atoms with Gasteiger partial charge >= 0.3 is 23.1 Å².